The molecule has 0 N–H and O–H groups in total. The van der Waals surface area contributed by atoms with Gasteiger partial charge in [0.05, 0.1) is 11.7 Å². The first-order valence-electron chi connectivity index (χ1n) is 24.0. The molecule has 2 aliphatic rings. The van der Waals surface area contributed by atoms with Crippen molar-refractivity contribution in [2.75, 3.05) is 9.80 Å². The molecule has 2 heteroatoms. The fourth-order valence-corrected chi connectivity index (χ4v) is 10.8. The molecule has 1 unspecified atom stereocenters. The summed E-state index contributed by atoms with van der Waals surface area (Å²) < 4.78 is 0. The van der Waals surface area contributed by atoms with Crippen LogP contribution in [0.2, 0.25) is 0 Å². The molecule has 0 bridgehead atoms. The van der Waals surface area contributed by atoms with E-state index in [-0.39, 0.29) is 6.04 Å². The molecule has 0 saturated heterocycles. The zero-order valence-electron chi connectivity index (χ0n) is 40.4. The molecule has 0 amide bonds. The first-order chi connectivity index (χ1) is 31.8. The highest BCUT2D eigenvalue weighted by Gasteiger charge is 2.36. The summed E-state index contributed by atoms with van der Waals surface area (Å²) in [5.41, 5.74) is 27.0. The van der Waals surface area contributed by atoms with Gasteiger partial charge in [0.2, 0.25) is 0 Å². The number of rotatable bonds is 10. The summed E-state index contributed by atoms with van der Waals surface area (Å²) in [7, 11) is 0. The maximum atomic E-state index is 2.61. The van der Waals surface area contributed by atoms with E-state index in [0.717, 1.165) is 6.42 Å². The van der Waals surface area contributed by atoms with Crippen molar-refractivity contribution in [3.63, 3.8) is 0 Å². The normalized spacial score (nSPS) is 14.2. The quantitative estimate of drug-likeness (QED) is 0.135. The molecule has 2 nitrogen and oxygen atoms in total. The molecule has 0 aliphatic heterocycles. The van der Waals surface area contributed by atoms with Crippen molar-refractivity contribution in [3.05, 3.63) is 225 Å². The standard InChI is InChI=1S/C64H62N2/c1-39(2)57-37-61(65(59-33-15-43(7)35-45(59)9)51-25-21-49(22-26-51)47-17-11-41(5)12-18-47)55-32-30-54-58(40(3)4)38-62(56-31-29-53(57)63(55)64(54)56)66(60-34-16-44(8)36-46(60)10)52-27-23-50(24-28-52)48-19-13-42(6)14-20-48/h11-31,33-40,62H,32H2,1-10H3. The fourth-order valence-electron chi connectivity index (χ4n) is 10.8. The van der Waals surface area contributed by atoms with Crippen molar-refractivity contribution >= 4 is 44.8 Å². The number of hydrogen-bond donors (Lipinski definition) is 0. The van der Waals surface area contributed by atoms with E-state index >= 15 is 0 Å². The van der Waals surface area contributed by atoms with E-state index in [1.54, 1.807) is 0 Å². The van der Waals surface area contributed by atoms with Gasteiger partial charge in [-0.3, -0.25) is 0 Å². The van der Waals surface area contributed by atoms with Gasteiger partial charge in [-0.2, -0.15) is 0 Å². The van der Waals surface area contributed by atoms with Gasteiger partial charge < -0.3 is 9.80 Å². The molecule has 10 rings (SSSR count). The molecule has 0 radical (unpaired) electrons. The molecule has 66 heavy (non-hydrogen) atoms. The molecule has 0 spiro atoms. The predicted octanol–water partition coefficient (Wildman–Crippen LogP) is 18.0. The summed E-state index contributed by atoms with van der Waals surface area (Å²) in [6.07, 6.45) is 6.00. The van der Waals surface area contributed by atoms with Crippen LogP contribution < -0.4 is 9.80 Å². The van der Waals surface area contributed by atoms with Crippen LogP contribution in [0.15, 0.2) is 169 Å². The maximum absolute atomic E-state index is 2.61. The van der Waals surface area contributed by atoms with Crippen molar-refractivity contribution < 1.29 is 0 Å². The minimum absolute atomic E-state index is 0.0348. The molecule has 8 aromatic carbocycles. The van der Waals surface area contributed by atoms with E-state index in [1.807, 2.05) is 0 Å². The lowest BCUT2D eigenvalue weighted by Gasteiger charge is -2.41. The molecule has 0 fully saturated rings. The van der Waals surface area contributed by atoms with Crippen LogP contribution in [0, 0.1) is 47.5 Å². The van der Waals surface area contributed by atoms with Crippen LogP contribution in [0.25, 0.3) is 38.6 Å². The fraction of sp³-hybridized carbons (Fsp3) is 0.219. The Hall–Kier alpha value is -6.90. The van der Waals surface area contributed by atoms with E-state index < -0.39 is 0 Å². The second-order valence-electron chi connectivity index (χ2n) is 19.7. The minimum atomic E-state index is -0.0348. The predicted molar refractivity (Wildman–Crippen MR) is 284 cm³/mol. The Morgan fingerprint density at radius 2 is 0.970 bits per heavy atom. The van der Waals surface area contributed by atoms with Gasteiger partial charge in [0.1, 0.15) is 0 Å². The highest BCUT2D eigenvalue weighted by atomic mass is 15.2. The second-order valence-corrected chi connectivity index (χ2v) is 19.7. The number of anilines is 5. The minimum Gasteiger partial charge on any atom is -0.330 e. The number of aryl methyl sites for hydroxylation is 6. The first-order valence-corrected chi connectivity index (χ1v) is 24.0. The number of allylic oxidation sites excluding steroid dienone is 3. The Balaban J connectivity index is 1.21. The van der Waals surface area contributed by atoms with Gasteiger partial charge in [-0.25, -0.2) is 0 Å². The summed E-state index contributed by atoms with van der Waals surface area (Å²) in [5, 5.41) is 2.77. The van der Waals surface area contributed by atoms with Gasteiger partial charge in [0.15, 0.2) is 0 Å². The van der Waals surface area contributed by atoms with Crippen LogP contribution in [0.1, 0.15) is 95.3 Å². The Labute approximate surface area is 393 Å². The summed E-state index contributed by atoms with van der Waals surface area (Å²) in [5.74, 6) is 0.647. The van der Waals surface area contributed by atoms with Crippen LogP contribution in [0.4, 0.5) is 28.4 Å². The lowest BCUT2D eigenvalue weighted by molar-refractivity contribution is 0.752. The molecule has 1 atom stereocenters. The van der Waals surface area contributed by atoms with Crippen molar-refractivity contribution in [3.8, 4) is 22.3 Å². The lowest BCUT2D eigenvalue weighted by Crippen LogP contribution is -2.28. The molecule has 2 aliphatic carbocycles. The molecule has 0 aromatic heterocycles. The lowest BCUT2D eigenvalue weighted by atomic mass is 9.72. The van der Waals surface area contributed by atoms with Gasteiger partial charge in [-0.15, -0.1) is 0 Å². The van der Waals surface area contributed by atoms with Gasteiger partial charge in [0, 0.05) is 22.7 Å². The topological polar surface area (TPSA) is 6.48 Å². The smallest absolute Gasteiger partial charge is 0.0787 e. The highest BCUT2D eigenvalue weighted by Crippen LogP contribution is 2.54. The Bertz CT molecular complexity index is 3200. The molecular weight excluding hydrogens is 797 g/mol. The molecular formula is C64H62N2. The van der Waals surface area contributed by atoms with Gasteiger partial charge in [-0.05, 0) is 180 Å². The largest absolute Gasteiger partial charge is 0.330 e. The molecule has 328 valence electrons. The highest BCUT2D eigenvalue weighted by molar-refractivity contribution is 6.08. The van der Waals surface area contributed by atoms with E-state index in [1.165, 1.54) is 128 Å². The van der Waals surface area contributed by atoms with Crippen molar-refractivity contribution in [2.45, 2.75) is 87.6 Å². The van der Waals surface area contributed by atoms with Crippen LogP contribution in [-0.2, 0) is 6.42 Å². The SMILES string of the molecule is Cc1ccc(-c2ccc(N(c3ccc(C)cc3C)c3cc(C(C)C)c4ccc5c6c4c3CC=C6C(C(C)C)=CC5N(c3ccc(-c4ccc(C)cc4)cc3)c3ccc(C)cc3C)cc2)cc1. The van der Waals surface area contributed by atoms with Gasteiger partial charge >= 0.3 is 0 Å². The van der Waals surface area contributed by atoms with E-state index in [0.29, 0.717) is 11.8 Å². The van der Waals surface area contributed by atoms with E-state index in [2.05, 4.69) is 243 Å². The number of hydrogen-bond acceptors (Lipinski definition) is 2. The van der Waals surface area contributed by atoms with Crippen LogP contribution in [0.3, 0.4) is 0 Å². The summed E-state index contributed by atoms with van der Waals surface area (Å²) in [6, 6.07) is 57.6. The second kappa shape index (κ2) is 17.1. The van der Waals surface area contributed by atoms with Gasteiger partial charge in [-0.1, -0.05) is 171 Å². The third-order valence-corrected chi connectivity index (χ3v) is 14.2. The van der Waals surface area contributed by atoms with Crippen LogP contribution in [-0.4, -0.2) is 0 Å². The van der Waals surface area contributed by atoms with E-state index in [9.17, 15) is 0 Å². The average Bonchev–Trinajstić information content (AvgIpc) is 3.31. The summed E-state index contributed by atoms with van der Waals surface area (Å²) >= 11 is 0. The maximum Gasteiger partial charge on any atom is 0.0787 e. The summed E-state index contributed by atoms with van der Waals surface area (Å²) in [4.78, 5) is 5.17. The van der Waals surface area contributed by atoms with E-state index in [4.69, 9.17) is 0 Å². The number of benzene rings is 8. The van der Waals surface area contributed by atoms with Crippen LogP contribution in [0.5, 0.6) is 0 Å². The first kappa shape index (κ1) is 43.0. The van der Waals surface area contributed by atoms with Gasteiger partial charge in [0.25, 0.3) is 0 Å². The summed E-state index contributed by atoms with van der Waals surface area (Å²) in [6.45, 7) is 22.7. The molecule has 0 heterocycles. The Morgan fingerprint density at radius 1 is 0.470 bits per heavy atom. The van der Waals surface area contributed by atoms with Crippen molar-refractivity contribution in [2.24, 2.45) is 5.92 Å². The monoisotopic (exact) mass is 858 g/mol. The van der Waals surface area contributed by atoms with Crippen molar-refractivity contribution in [1.29, 1.82) is 0 Å². The average molecular weight is 859 g/mol. The Morgan fingerprint density at radius 3 is 1.48 bits per heavy atom. The zero-order chi connectivity index (χ0) is 46.0. The molecule has 0 saturated carbocycles. The van der Waals surface area contributed by atoms with Crippen molar-refractivity contribution in [1.82, 2.24) is 0 Å². The third kappa shape index (κ3) is 7.67. The molecule has 8 aromatic rings. The van der Waals surface area contributed by atoms with Crippen LogP contribution >= 0.6 is 0 Å². The number of nitrogens with zero attached hydrogens (tertiary/aromatic N) is 2. The zero-order valence-corrected chi connectivity index (χ0v) is 40.4. The third-order valence-electron chi connectivity index (χ3n) is 14.2. The Kier molecular flexibility index (Phi) is 11.2.